The van der Waals surface area contributed by atoms with Crippen molar-refractivity contribution in [1.29, 1.82) is 0 Å². The molecule has 1 N–H and O–H groups in total. The van der Waals surface area contributed by atoms with Gasteiger partial charge in [0.15, 0.2) is 0 Å². The quantitative estimate of drug-likeness (QED) is 0.440. The second-order valence-corrected chi connectivity index (χ2v) is 10.2. The lowest BCUT2D eigenvalue weighted by Gasteiger charge is -2.43. The van der Waals surface area contributed by atoms with Gasteiger partial charge in [0.25, 0.3) is 5.91 Å². The average molecular weight is 527 g/mol. The fraction of sp³-hybridized carbons (Fsp3) is 0.375. The van der Waals surface area contributed by atoms with Gasteiger partial charge < -0.3 is 19.9 Å². The summed E-state index contributed by atoms with van der Waals surface area (Å²) in [5.74, 6) is 0.992. The maximum atomic E-state index is 12.9. The van der Waals surface area contributed by atoms with Gasteiger partial charge in [-0.05, 0) is 62.6 Å². The van der Waals surface area contributed by atoms with Crippen LogP contribution in [0.3, 0.4) is 0 Å². The summed E-state index contributed by atoms with van der Waals surface area (Å²) in [7, 11) is 0. The van der Waals surface area contributed by atoms with E-state index in [-0.39, 0.29) is 11.8 Å². The Bertz CT molecular complexity index is 1280. The summed E-state index contributed by atoms with van der Waals surface area (Å²) in [6, 6.07) is 26.0. The van der Waals surface area contributed by atoms with Crippen LogP contribution in [0.4, 0.5) is 5.69 Å². The van der Waals surface area contributed by atoms with Crippen LogP contribution < -0.4 is 15.0 Å². The molecule has 0 aliphatic carbocycles. The minimum absolute atomic E-state index is 0.0462. The first-order chi connectivity index (χ1) is 19.1. The number of rotatable bonds is 9. The van der Waals surface area contributed by atoms with Gasteiger partial charge in [0, 0.05) is 49.5 Å². The predicted octanol–water partition coefficient (Wildman–Crippen LogP) is 4.64. The summed E-state index contributed by atoms with van der Waals surface area (Å²) in [4.78, 5) is 32.3. The molecule has 1 spiro atoms. The number of likely N-dealkylation sites (tertiary alicyclic amines) is 1. The Balaban J connectivity index is 1.21. The predicted molar refractivity (Wildman–Crippen MR) is 155 cm³/mol. The Kier molecular flexibility index (Phi) is 8.17. The van der Waals surface area contributed by atoms with E-state index in [2.05, 4.69) is 27.2 Å². The second kappa shape index (κ2) is 11.9. The van der Waals surface area contributed by atoms with Crippen molar-refractivity contribution in [2.75, 3.05) is 50.9 Å². The third kappa shape index (κ3) is 5.50. The van der Waals surface area contributed by atoms with Crippen LogP contribution in [0, 0.1) is 0 Å². The van der Waals surface area contributed by atoms with Crippen molar-refractivity contribution in [1.82, 2.24) is 15.1 Å². The maximum Gasteiger partial charge on any atom is 0.253 e. The zero-order chi connectivity index (χ0) is 27.2. The first kappa shape index (κ1) is 26.8. The molecule has 0 aromatic heterocycles. The molecule has 0 atom stereocenters. The first-order valence-electron chi connectivity index (χ1n) is 14.0. The fourth-order valence-corrected chi connectivity index (χ4v) is 5.81. The summed E-state index contributed by atoms with van der Waals surface area (Å²) in [6.45, 7) is 8.96. The van der Waals surface area contributed by atoms with Crippen molar-refractivity contribution in [3.05, 3.63) is 84.4 Å². The summed E-state index contributed by atoms with van der Waals surface area (Å²) in [6.07, 6.45) is 1.58. The molecule has 204 valence electrons. The van der Waals surface area contributed by atoms with E-state index in [1.54, 1.807) is 0 Å². The number of nitrogens with one attached hydrogen (secondary N) is 1. The first-order valence-corrected chi connectivity index (χ1v) is 14.0. The molecule has 7 nitrogen and oxygen atoms in total. The van der Waals surface area contributed by atoms with Crippen LogP contribution in [0.5, 0.6) is 5.75 Å². The van der Waals surface area contributed by atoms with Crippen LogP contribution in [0.1, 0.15) is 37.0 Å². The van der Waals surface area contributed by atoms with Crippen LogP contribution in [0.25, 0.3) is 11.1 Å². The molecule has 0 saturated carbocycles. The zero-order valence-electron chi connectivity index (χ0n) is 22.9. The monoisotopic (exact) mass is 526 g/mol. The summed E-state index contributed by atoms with van der Waals surface area (Å²) < 4.78 is 6.29. The lowest BCUT2D eigenvalue weighted by molar-refractivity contribution is -0.125. The molecule has 2 heterocycles. The highest BCUT2D eigenvalue weighted by atomic mass is 16.5. The number of hydrogen-bond acceptors (Lipinski definition) is 5. The van der Waals surface area contributed by atoms with Crippen molar-refractivity contribution < 1.29 is 14.3 Å². The standard InChI is InChI=1S/C32H38N4O3/c1-3-35(4-2)30(37)26-12-10-11-25(23-26)28-15-8-9-16-29(28)39-22-21-34-19-17-32(18-20-34)31(38)33-24-36(32)27-13-6-5-7-14-27/h5-16,23H,3-4,17-22,24H2,1-2H3,(H,33,38). The van der Waals surface area contributed by atoms with Gasteiger partial charge in [0.2, 0.25) is 5.91 Å². The molecule has 2 aliphatic heterocycles. The lowest BCUT2D eigenvalue weighted by atomic mass is 9.85. The normalized spacial score (nSPS) is 16.8. The number of ether oxygens (including phenoxy) is 1. The van der Waals surface area contributed by atoms with Gasteiger partial charge in [-0.15, -0.1) is 0 Å². The lowest BCUT2D eigenvalue weighted by Crippen LogP contribution is -2.56. The molecule has 2 amide bonds. The Labute approximate surface area is 231 Å². The minimum Gasteiger partial charge on any atom is -0.492 e. The Morgan fingerprint density at radius 3 is 2.41 bits per heavy atom. The number of amides is 2. The van der Waals surface area contributed by atoms with E-state index in [1.165, 1.54) is 0 Å². The van der Waals surface area contributed by atoms with Crippen LogP contribution in [0.2, 0.25) is 0 Å². The van der Waals surface area contributed by atoms with Gasteiger partial charge in [-0.25, -0.2) is 0 Å². The van der Waals surface area contributed by atoms with Crippen molar-refractivity contribution in [3.8, 4) is 16.9 Å². The Morgan fingerprint density at radius 2 is 1.67 bits per heavy atom. The molecule has 5 rings (SSSR count). The van der Waals surface area contributed by atoms with Crippen molar-refractivity contribution >= 4 is 17.5 Å². The molecule has 3 aromatic carbocycles. The van der Waals surface area contributed by atoms with Gasteiger partial charge >= 0.3 is 0 Å². The SMILES string of the molecule is CCN(CC)C(=O)c1cccc(-c2ccccc2OCCN2CCC3(CC2)C(=O)NCN3c2ccccc2)c1. The van der Waals surface area contributed by atoms with Crippen molar-refractivity contribution in [2.45, 2.75) is 32.2 Å². The smallest absolute Gasteiger partial charge is 0.253 e. The number of carbonyl (C=O) groups excluding carboxylic acids is 2. The number of anilines is 1. The molecule has 7 heteroatoms. The van der Waals surface area contributed by atoms with Crippen LogP contribution >= 0.6 is 0 Å². The maximum absolute atomic E-state index is 12.9. The third-order valence-electron chi connectivity index (χ3n) is 8.11. The second-order valence-electron chi connectivity index (χ2n) is 10.2. The summed E-state index contributed by atoms with van der Waals surface area (Å²) >= 11 is 0. The van der Waals surface area contributed by atoms with Gasteiger partial charge in [-0.2, -0.15) is 0 Å². The van der Waals surface area contributed by atoms with Gasteiger partial charge in [0.05, 0.1) is 6.67 Å². The van der Waals surface area contributed by atoms with Crippen molar-refractivity contribution in [2.24, 2.45) is 0 Å². The number of nitrogens with zero attached hydrogens (tertiary/aromatic N) is 3. The number of carbonyl (C=O) groups is 2. The van der Waals surface area contributed by atoms with E-state index < -0.39 is 5.54 Å². The van der Waals surface area contributed by atoms with Gasteiger partial charge in [0.1, 0.15) is 17.9 Å². The summed E-state index contributed by atoms with van der Waals surface area (Å²) in [5.41, 5.74) is 3.25. The molecule has 39 heavy (non-hydrogen) atoms. The van der Waals surface area contributed by atoms with E-state index in [1.807, 2.05) is 85.5 Å². The van der Waals surface area contributed by atoms with Crippen LogP contribution in [0.15, 0.2) is 78.9 Å². The molecular weight excluding hydrogens is 488 g/mol. The Hall–Kier alpha value is -3.84. The van der Waals surface area contributed by atoms with E-state index in [4.69, 9.17) is 4.74 Å². The van der Waals surface area contributed by atoms with E-state index in [0.29, 0.717) is 31.9 Å². The number of para-hydroxylation sites is 2. The van der Waals surface area contributed by atoms with E-state index in [9.17, 15) is 9.59 Å². The number of benzene rings is 3. The minimum atomic E-state index is -0.473. The third-order valence-corrected chi connectivity index (χ3v) is 8.11. The molecule has 0 radical (unpaired) electrons. The molecule has 2 aliphatic rings. The fourth-order valence-electron chi connectivity index (χ4n) is 5.81. The zero-order valence-corrected chi connectivity index (χ0v) is 22.9. The summed E-state index contributed by atoms with van der Waals surface area (Å²) in [5, 5.41) is 3.07. The highest BCUT2D eigenvalue weighted by molar-refractivity contribution is 5.96. The molecule has 0 unspecified atom stereocenters. The highest BCUT2D eigenvalue weighted by Gasteiger charge is 2.50. The van der Waals surface area contributed by atoms with E-state index in [0.717, 1.165) is 55.0 Å². The number of piperidine rings is 1. The average Bonchev–Trinajstić information content (AvgIpc) is 3.30. The molecule has 2 fully saturated rings. The van der Waals surface area contributed by atoms with Gasteiger partial charge in [-0.3, -0.25) is 14.5 Å². The molecular formula is C32H38N4O3. The topological polar surface area (TPSA) is 65.1 Å². The Morgan fingerprint density at radius 1 is 0.949 bits per heavy atom. The number of hydrogen-bond donors (Lipinski definition) is 1. The van der Waals surface area contributed by atoms with Crippen LogP contribution in [-0.2, 0) is 4.79 Å². The van der Waals surface area contributed by atoms with E-state index >= 15 is 0 Å². The van der Waals surface area contributed by atoms with Crippen molar-refractivity contribution in [3.63, 3.8) is 0 Å². The molecule has 2 saturated heterocycles. The van der Waals surface area contributed by atoms with Gasteiger partial charge in [-0.1, -0.05) is 48.5 Å². The van der Waals surface area contributed by atoms with Crippen LogP contribution in [-0.4, -0.2) is 73.2 Å². The highest BCUT2D eigenvalue weighted by Crippen LogP contribution is 2.36. The largest absolute Gasteiger partial charge is 0.492 e. The molecule has 3 aromatic rings. The molecule has 0 bridgehead atoms.